The quantitative estimate of drug-likeness (QED) is 0.382. The summed E-state index contributed by atoms with van der Waals surface area (Å²) in [6.07, 6.45) is 0. The Kier molecular flexibility index (Phi) is 6.66. The second-order valence-corrected chi connectivity index (χ2v) is 8.30. The zero-order valence-corrected chi connectivity index (χ0v) is 16.4. The van der Waals surface area contributed by atoms with Gasteiger partial charge >= 0.3 is 11.9 Å². The van der Waals surface area contributed by atoms with E-state index in [9.17, 15) is 35.5 Å². The lowest BCUT2D eigenvalue weighted by atomic mass is 10.0. The highest BCUT2D eigenvalue weighted by molar-refractivity contribution is 7.89. The van der Waals surface area contributed by atoms with Crippen LogP contribution in [0.25, 0.3) is 11.1 Å². The van der Waals surface area contributed by atoms with E-state index in [0.717, 1.165) is 0 Å². The van der Waals surface area contributed by atoms with Crippen molar-refractivity contribution >= 4 is 32.2 Å². The van der Waals surface area contributed by atoms with Crippen LogP contribution in [0.1, 0.15) is 0 Å². The molecule has 4 N–H and O–H groups in total. The lowest BCUT2D eigenvalue weighted by Gasteiger charge is -2.19. The van der Waals surface area contributed by atoms with Gasteiger partial charge in [0, 0.05) is 11.6 Å². The van der Waals surface area contributed by atoms with Gasteiger partial charge in [-0.2, -0.15) is 16.8 Å². The fourth-order valence-corrected chi connectivity index (χ4v) is 4.61. The van der Waals surface area contributed by atoms with E-state index in [2.05, 4.69) is 0 Å². The Morgan fingerprint density at radius 1 is 0.767 bits per heavy atom. The minimum Gasteiger partial charge on any atom is -0.481 e. The van der Waals surface area contributed by atoms with Crippen LogP contribution >= 0.6 is 0 Å². The summed E-state index contributed by atoms with van der Waals surface area (Å²) < 4.78 is 77.2. The summed E-state index contributed by atoms with van der Waals surface area (Å²) in [5.41, 5.74) is -0.616. The van der Waals surface area contributed by atoms with Crippen molar-refractivity contribution in [1.29, 1.82) is 0 Å². The number of hydrogen-bond acceptors (Lipinski definition) is 8. The summed E-state index contributed by atoms with van der Waals surface area (Å²) in [7, 11) is -10.8. The van der Waals surface area contributed by atoms with E-state index < -0.39 is 72.2 Å². The maximum atomic E-state index is 12.1. The van der Waals surface area contributed by atoms with Gasteiger partial charge in [0.05, 0.1) is 0 Å². The molecule has 2 rings (SSSR count). The van der Waals surface area contributed by atoms with E-state index in [1.54, 1.807) is 0 Å². The number of hydrogen-bond donors (Lipinski definition) is 4. The molecule has 0 heterocycles. The highest BCUT2D eigenvalue weighted by atomic mass is 32.2. The molecule has 0 amide bonds. The predicted molar refractivity (Wildman–Crippen MR) is 97.8 cm³/mol. The molecular weight excluding hydrogens is 448 g/mol. The molecule has 0 fully saturated rings. The summed E-state index contributed by atoms with van der Waals surface area (Å²) in [4.78, 5) is 18.9. The van der Waals surface area contributed by atoms with Crippen molar-refractivity contribution in [3.63, 3.8) is 0 Å². The van der Waals surface area contributed by atoms with E-state index in [1.165, 1.54) is 30.3 Å². The zero-order chi connectivity index (χ0) is 22.7. The largest absolute Gasteiger partial charge is 0.481 e. The lowest BCUT2D eigenvalue weighted by molar-refractivity contribution is -0.140. The highest BCUT2D eigenvalue weighted by Gasteiger charge is 2.35. The van der Waals surface area contributed by atoms with Crippen LogP contribution in [0.5, 0.6) is 11.5 Å². The van der Waals surface area contributed by atoms with Crippen LogP contribution in [-0.4, -0.2) is 61.3 Å². The third-order valence-corrected chi connectivity index (χ3v) is 5.42. The molecule has 12 nitrogen and oxygen atoms in total. The van der Waals surface area contributed by atoms with Crippen LogP contribution in [0.15, 0.2) is 46.2 Å². The normalized spacial score (nSPS) is 11.7. The number of rotatable bonds is 9. The molecule has 0 radical (unpaired) electrons. The third kappa shape index (κ3) is 5.44. The van der Waals surface area contributed by atoms with Gasteiger partial charge in [0.15, 0.2) is 18.1 Å². The maximum Gasteiger partial charge on any atom is 0.341 e. The lowest BCUT2D eigenvalue weighted by Crippen LogP contribution is -2.17. The molecule has 0 saturated heterocycles. The van der Waals surface area contributed by atoms with Crippen LogP contribution in [0, 0.1) is 0 Å². The van der Waals surface area contributed by atoms with Crippen molar-refractivity contribution in [3.8, 4) is 22.6 Å². The number of carboxylic acid groups (broad SMARTS) is 2. The van der Waals surface area contributed by atoms with Gasteiger partial charge in [-0.15, -0.1) is 0 Å². The first-order valence-electron chi connectivity index (χ1n) is 7.73. The molecule has 0 aliphatic rings. The molecule has 0 atom stereocenters. The van der Waals surface area contributed by atoms with Crippen molar-refractivity contribution < 1.29 is 55.2 Å². The van der Waals surface area contributed by atoms with Gasteiger partial charge in [-0.3, -0.25) is 9.11 Å². The Bertz CT molecular complexity index is 1180. The highest BCUT2D eigenvalue weighted by Crippen LogP contribution is 2.45. The van der Waals surface area contributed by atoms with Gasteiger partial charge in [-0.1, -0.05) is 30.3 Å². The molecule has 2 aromatic rings. The van der Waals surface area contributed by atoms with Crippen molar-refractivity contribution in [2.75, 3.05) is 13.2 Å². The number of aliphatic carboxylic acids is 2. The average molecular weight is 462 g/mol. The maximum absolute atomic E-state index is 12.1. The number of benzene rings is 2. The minimum absolute atomic E-state index is 0.0276. The van der Waals surface area contributed by atoms with Gasteiger partial charge in [0.25, 0.3) is 20.2 Å². The summed E-state index contributed by atoms with van der Waals surface area (Å²) in [5, 5.41) is 17.6. The second kappa shape index (κ2) is 8.66. The van der Waals surface area contributed by atoms with Crippen LogP contribution in [0.3, 0.4) is 0 Å². The first-order valence-corrected chi connectivity index (χ1v) is 10.6. The third-order valence-electron chi connectivity index (χ3n) is 3.45. The van der Waals surface area contributed by atoms with E-state index in [1.807, 2.05) is 0 Å². The monoisotopic (exact) mass is 462 g/mol. The van der Waals surface area contributed by atoms with Gasteiger partial charge in [0.2, 0.25) is 0 Å². The molecule has 2 aromatic carbocycles. The zero-order valence-electron chi connectivity index (χ0n) is 14.7. The number of ether oxygens (including phenoxy) is 2. The van der Waals surface area contributed by atoms with E-state index in [0.29, 0.717) is 6.07 Å². The summed E-state index contributed by atoms with van der Waals surface area (Å²) in [5.74, 6) is -4.62. The molecule has 0 saturated carbocycles. The standard InChI is InChI=1S/C16H14O12S2/c17-12(18)7-27-10-6-11(28-8-13(19)20)15(29(21,22)23)16(30(24,25)26)14(10)9-4-2-1-3-5-9/h1-6H,7-8H2,(H,17,18)(H,19,20)(H,21,22,23)(H,24,25,26). The molecule has 0 unspecified atom stereocenters. The van der Waals surface area contributed by atoms with Gasteiger partial charge in [-0.25, -0.2) is 9.59 Å². The molecular formula is C16H14O12S2. The molecule has 14 heteroatoms. The van der Waals surface area contributed by atoms with E-state index in [-0.39, 0.29) is 5.56 Å². The van der Waals surface area contributed by atoms with Gasteiger partial charge in [0.1, 0.15) is 16.4 Å². The predicted octanol–water partition coefficient (Wildman–Crippen LogP) is 0.774. The molecule has 0 aliphatic carbocycles. The molecule has 162 valence electrons. The fraction of sp³-hybridized carbons (Fsp3) is 0.125. The Morgan fingerprint density at radius 2 is 1.23 bits per heavy atom. The number of carbonyl (C=O) groups is 2. The van der Waals surface area contributed by atoms with Crippen molar-refractivity contribution in [1.82, 2.24) is 0 Å². The topological polar surface area (TPSA) is 202 Å². The smallest absolute Gasteiger partial charge is 0.341 e. The fourth-order valence-electron chi connectivity index (χ4n) is 2.46. The molecule has 0 aliphatic heterocycles. The molecule has 0 spiro atoms. The van der Waals surface area contributed by atoms with Crippen LogP contribution in [0.4, 0.5) is 0 Å². The summed E-state index contributed by atoms with van der Waals surface area (Å²) >= 11 is 0. The van der Waals surface area contributed by atoms with Crippen molar-refractivity contribution in [2.24, 2.45) is 0 Å². The average Bonchev–Trinajstić information content (AvgIpc) is 2.62. The van der Waals surface area contributed by atoms with Crippen molar-refractivity contribution in [3.05, 3.63) is 36.4 Å². The van der Waals surface area contributed by atoms with E-state index in [4.69, 9.17) is 19.7 Å². The minimum atomic E-state index is -5.41. The Morgan fingerprint density at radius 3 is 1.67 bits per heavy atom. The Balaban J connectivity index is 3.03. The van der Waals surface area contributed by atoms with Crippen LogP contribution in [0.2, 0.25) is 0 Å². The molecule has 0 bridgehead atoms. The first-order chi connectivity index (χ1) is 13.8. The van der Waals surface area contributed by atoms with Crippen LogP contribution < -0.4 is 9.47 Å². The van der Waals surface area contributed by atoms with Crippen LogP contribution in [-0.2, 0) is 29.8 Å². The Labute approximate surface area is 169 Å². The number of carboxylic acids is 2. The molecule has 0 aromatic heterocycles. The summed E-state index contributed by atoms with van der Waals surface area (Å²) in [6.45, 7) is -2.16. The van der Waals surface area contributed by atoms with Crippen molar-refractivity contribution in [2.45, 2.75) is 9.79 Å². The Hall–Kier alpha value is -3.20. The van der Waals surface area contributed by atoms with Gasteiger partial charge < -0.3 is 19.7 Å². The second-order valence-electron chi connectivity index (χ2n) is 5.59. The van der Waals surface area contributed by atoms with E-state index >= 15 is 0 Å². The SMILES string of the molecule is O=C(O)COc1cc(OCC(=O)O)c(S(=O)(=O)O)c(S(=O)(=O)O)c1-c1ccccc1. The molecule has 30 heavy (non-hydrogen) atoms. The summed E-state index contributed by atoms with van der Waals surface area (Å²) in [6, 6.07) is 7.67. The first kappa shape index (κ1) is 23.1. The van der Waals surface area contributed by atoms with Gasteiger partial charge in [-0.05, 0) is 5.56 Å².